The molecular formula is C11H18N2O3S. The fourth-order valence-corrected chi connectivity index (χ4v) is 3.61. The molecule has 2 rings (SSSR count). The van der Waals surface area contributed by atoms with Gasteiger partial charge in [0.25, 0.3) is 0 Å². The third kappa shape index (κ3) is 2.53. The number of aryl methyl sites for hydroxylation is 1. The highest BCUT2D eigenvalue weighted by Gasteiger charge is 2.32. The average Bonchev–Trinajstić information content (AvgIpc) is 2.90. The fourth-order valence-electron chi connectivity index (χ4n) is 2.04. The van der Waals surface area contributed by atoms with Crippen LogP contribution in [0.2, 0.25) is 0 Å². The Balaban J connectivity index is 2.09. The summed E-state index contributed by atoms with van der Waals surface area (Å²) >= 11 is 0. The van der Waals surface area contributed by atoms with E-state index >= 15 is 0 Å². The van der Waals surface area contributed by atoms with Gasteiger partial charge in [0.15, 0.2) is 0 Å². The summed E-state index contributed by atoms with van der Waals surface area (Å²) in [7, 11) is -1.58. The normalized spacial score (nSPS) is 21.2. The van der Waals surface area contributed by atoms with Crippen molar-refractivity contribution in [2.24, 2.45) is 0 Å². The van der Waals surface area contributed by atoms with Crippen LogP contribution in [-0.2, 0) is 16.6 Å². The highest BCUT2D eigenvalue weighted by atomic mass is 32.2. The average molecular weight is 258 g/mol. The first-order chi connectivity index (χ1) is 8.01. The van der Waals surface area contributed by atoms with Crippen molar-refractivity contribution in [1.82, 2.24) is 9.62 Å². The van der Waals surface area contributed by atoms with E-state index in [1.54, 1.807) is 13.3 Å². The Bertz CT molecular complexity index is 475. The molecule has 1 aromatic heterocycles. The van der Waals surface area contributed by atoms with Crippen molar-refractivity contribution < 1.29 is 12.8 Å². The molecule has 0 aromatic carbocycles. The summed E-state index contributed by atoms with van der Waals surface area (Å²) in [4.78, 5) is 0. The van der Waals surface area contributed by atoms with Crippen LogP contribution in [0.15, 0.2) is 16.7 Å². The highest BCUT2D eigenvalue weighted by Crippen LogP contribution is 2.18. The van der Waals surface area contributed by atoms with Crippen LogP contribution in [0.25, 0.3) is 0 Å². The van der Waals surface area contributed by atoms with E-state index in [2.05, 4.69) is 5.32 Å². The predicted octanol–water partition coefficient (Wildman–Crippen LogP) is 0.712. The standard InChI is InChI=1S/C11H18N2O3S/c1-9-10(4-6-16-9)8-13(2)17(14,15)11-3-5-12-7-11/h4,6,11-12H,3,5,7-8H2,1-2H3. The van der Waals surface area contributed by atoms with E-state index in [4.69, 9.17) is 4.42 Å². The van der Waals surface area contributed by atoms with E-state index in [9.17, 15) is 8.42 Å². The SMILES string of the molecule is Cc1occc1CN(C)S(=O)(=O)C1CCNC1. The van der Waals surface area contributed by atoms with Crippen LogP contribution < -0.4 is 5.32 Å². The van der Waals surface area contributed by atoms with Gasteiger partial charge in [0.2, 0.25) is 10.0 Å². The van der Waals surface area contributed by atoms with Gasteiger partial charge in [-0.2, -0.15) is 0 Å². The smallest absolute Gasteiger partial charge is 0.218 e. The topological polar surface area (TPSA) is 62.6 Å². The van der Waals surface area contributed by atoms with Crippen molar-refractivity contribution in [2.45, 2.75) is 25.1 Å². The number of nitrogens with zero attached hydrogens (tertiary/aromatic N) is 1. The Morgan fingerprint density at radius 2 is 2.35 bits per heavy atom. The maximum absolute atomic E-state index is 12.2. The molecule has 6 heteroatoms. The number of rotatable bonds is 4. The third-order valence-electron chi connectivity index (χ3n) is 3.23. The van der Waals surface area contributed by atoms with Crippen LogP contribution in [0.1, 0.15) is 17.7 Å². The zero-order valence-corrected chi connectivity index (χ0v) is 11.0. The summed E-state index contributed by atoms with van der Waals surface area (Å²) in [6.07, 6.45) is 2.28. The molecule has 2 heterocycles. The van der Waals surface area contributed by atoms with Gasteiger partial charge in [0.1, 0.15) is 5.76 Å². The van der Waals surface area contributed by atoms with Gasteiger partial charge in [-0.3, -0.25) is 0 Å². The number of hydrogen-bond acceptors (Lipinski definition) is 4. The summed E-state index contributed by atoms with van der Waals surface area (Å²) in [5, 5.41) is 2.79. The number of hydrogen-bond donors (Lipinski definition) is 1. The largest absolute Gasteiger partial charge is 0.469 e. The van der Waals surface area contributed by atoms with E-state index in [0.29, 0.717) is 19.5 Å². The molecule has 1 aromatic rings. The zero-order valence-electron chi connectivity index (χ0n) is 10.1. The van der Waals surface area contributed by atoms with Gasteiger partial charge in [0, 0.05) is 25.7 Å². The molecule has 1 saturated heterocycles. The summed E-state index contributed by atoms with van der Waals surface area (Å²) in [6.45, 7) is 3.55. The Morgan fingerprint density at radius 1 is 1.59 bits per heavy atom. The van der Waals surface area contributed by atoms with Crippen LogP contribution in [0, 0.1) is 6.92 Å². The fraction of sp³-hybridized carbons (Fsp3) is 0.636. The van der Waals surface area contributed by atoms with E-state index in [-0.39, 0.29) is 5.25 Å². The molecule has 1 aliphatic rings. The molecule has 5 nitrogen and oxygen atoms in total. The first-order valence-electron chi connectivity index (χ1n) is 5.70. The lowest BCUT2D eigenvalue weighted by Crippen LogP contribution is -2.36. The van der Waals surface area contributed by atoms with Crippen LogP contribution >= 0.6 is 0 Å². The second-order valence-electron chi connectivity index (χ2n) is 4.42. The van der Waals surface area contributed by atoms with Crippen molar-refractivity contribution in [3.8, 4) is 0 Å². The number of furan rings is 1. The van der Waals surface area contributed by atoms with E-state index in [1.165, 1.54) is 4.31 Å². The van der Waals surface area contributed by atoms with Crippen LogP contribution in [0.5, 0.6) is 0 Å². The van der Waals surface area contributed by atoms with Crippen molar-refractivity contribution in [3.63, 3.8) is 0 Å². The van der Waals surface area contributed by atoms with Gasteiger partial charge in [-0.15, -0.1) is 0 Å². The van der Waals surface area contributed by atoms with Crippen LogP contribution in [0.4, 0.5) is 0 Å². The lowest BCUT2D eigenvalue weighted by atomic mass is 10.3. The molecule has 0 spiro atoms. The van der Waals surface area contributed by atoms with Gasteiger partial charge in [-0.1, -0.05) is 0 Å². The summed E-state index contributed by atoms with van der Waals surface area (Å²) < 4.78 is 31.0. The summed E-state index contributed by atoms with van der Waals surface area (Å²) in [5.41, 5.74) is 0.919. The Kier molecular flexibility index (Phi) is 3.56. The third-order valence-corrected chi connectivity index (χ3v) is 5.47. The van der Waals surface area contributed by atoms with Crippen molar-refractivity contribution in [2.75, 3.05) is 20.1 Å². The molecule has 0 saturated carbocycles. The minimum atomic E-state index is -3.20. The van der Waals surface area contributed by atoms with Gasteiger partial charge >= 0.3 is 0 Å². The molecule has 0 aliphatic carbocycles. The first kappa shape index (κ1) is 12.6. The molecule has 0 radical (unpaired) electrons. The zero-order chi connectivity index (χ0) is 12.5. The molecule has 1 atom stereocenters. The maximum Gasteiger partial charge on any atom is 0.218 e. The van der Waals surface area contributed by atoms with Crippen LogP contribution in [-0.4, -0.2) is 38.1 Å². The molecule has 1 aliphatic heterocycles. The second-order valence-corrected chi connectivity index (χ2v) is 6.74. The second kappa shape index (κ2) is 4.80. The molecular weight excluding hydrogens is 240 g/mol. The monoisotopic (exact) mass is 258 g/mol. The van der Waals surface area contributed by atoms with Crippen molar-refractivity contribution in [3.05, 3.63) is 23.7 Å². The van der Waals surface area contributed by atoms with E-state index in [1.807, 2.05) is 13.0 Å². The quantitative estimate of drug-likeness (QED) is 0.864. The molecule has 17 heavy (non-hydrogen) atoms. The summed E-state index contributed by atoms with van der Waals surface area (Å²) in [5.74, 6) is 0.775. The molecule has 96 valence electrons. The Morgan fingerprint density at radius 3 is 2.88 bits per heavy atom. The molecule has 1 N–H and O–H groups in total. The molecule has 1 fully saturated rings. The van der Waals surface area contributed by atoms with Gasteiger partial charge in [-0.25, -0.2) is 12.7 Å². The number of sulfonamides is 1. The molecule has 1 unspecified atom stereocenters. The van der Waals surface area contributed by atoms with Crippen molar-refractivity contribution in [1.29, 1.82) is 0 Å². The molecule has 0 bridgehead atoms. The summed E-state index contributed by atoms with van der Waals surface area (Å²) in [6, 6.07) is 1.81. The minimum Gasteiger partial charge on any atom is -0.469 e. The van der Waals surface area contributed by atoms with Gasteiger partial charge in [0.05, 0.1) is 11.5 Å². The maximum atomic E-state index is 12.2. The Labute approximate surface area is 102 Å². The van der Waals surface area contributed by atoms with Gasteiger partial charge < -0.3 is 9.73 Å². The lowest BCUT2D eigenvalue weighted by molar-refractivity contribution is 0.450. The Hall–Kier alpha value is -0.850. The van der Waals surface area contributed by atoms with E-state index < -0.39 is 10.0 Å². The lowest BCUT2D eigenvalue weighted by Gasteiger charge is -2.20. The molecule has 0 amide bonds. The minimum absolute atomic E-state index is 0.292. The van der Waals surface area contributed by atoms with Crippen molar-refractivity contribution >= 4 is 10.0 Å². The number of nitrogens with one attached hydrogen (secondary N) is 1. The first-order valence-corrected chi connectivity index (χ1v) is 7.21. The van der Waals surface area contributed by atoms with Gasteiger partial charge in [-0.05, 0) is 26.0 Å². The van der Waals surface area contributed by atoms with E-state index in [0.717, 1.165) is 17.9 Å². The highest BCUT2D eigenvalue weighted by molar-refractivity contribution is 7.89. The van der Waals surface area contributed by atoms with Crippen LogP contribution in [0.3, 0.4) is 0 Å². The predicted molar refractivity (Wildman–Crippen MR) is 65.1 cm³/mol.